The van der Waals surface area contributed by atoms with E-state index in [1.165, 1.54) is 14.2 Å². The second-order valence-corrected chi connectivity index (χ2v) is 8.00. The number of methoxy groups -OCH3 is 2. The largest absolute Gasteiger partial charge is 0.466 e. The van der Waals surface area contributed by atoms with Crippen molar-refractivity contribution in [3.63, 3.8) is 0 Å². The average molecular weight is 448 g/mol. The lowest BCUT2D eigenvalue weighted by Gasteiger charge is -2.36. The maximum absolute atomic E-state index is 13.0. The van der Waals surface area contributed by atoms with Crippen LogP contribution in [0.2, 0.25) is 0 Å². The number of aliphatic imine (C=N–C) groups is 1. The van der Waals surface area contributed by atoms with Crippen LogP contribution in [0.3, 0.4) is 0 Å². The van der Waals surface area contributed by atoms with E-state index in [0.29, 0.717) is 23.3 Å². The molecule has 0 aliphatic carbocycles. The highest BCUT2D eigenvalue weighted by molar-refractivity contribution is 6.19. The molecule has 7 heteroatoms. The van der Waals surface area contributed by atoms with Gasteiger partial charge in [0.25, 0.3) is 0 Å². The first-order chi connectivity index (χ1) is 16.0. The first-order valence-electron chi connectivity index (χ1n) is 11.3. The number of hydrogen-bond donors (Lipinski definition) is 0. The Hall–Kier alpha value is -3.61. The lowest BCUT2D eigenvalue weighted by Crippen LogP contribution is -2.45. The number of carbonyl (C=O) groups is 2. The zero-order valence-electron chi connectivity index (χ0n) is 19.5. The minimum Gasteiger partial charge on any atom is -0.466 e. The molecule has 0 amide bonds. The van der Waals surface area contributed by atoms with Crippen LogP contribution in [0.5, 0.6) is 0 Å². The maximum atomic E-state index is 13.0. The molecule has 0 saturated carbocycles. The van der Waals surface area contributed by atoms with Gasteiger partial charge in [-0.2, -0.15) is 0 Å². The van der Waals surface area contributed by atoms with Gasteiger partial charge < -0.3 is 14.4 Å². The molecular formula is C26H29N3O4. The summed E-state index contributed by atoms with van der Waals surface area (Å²) in [6.07, 6.45) is 2.61. The lowest BCUT2D eigenvalue weighted by molar-refractivity contribution is -0.136. The van der Waals surface area contributed by atoms with Crippen LogP contribution in [-0.4, -0.2) is 38.7 Å². The molecule has 2 aliphatic rings. The van der Waals surface area contributed by atoms with E-state index < -0.39 is 18.0 Å². The number of allylic oxidation sites excluding steroid dienone is 1. The van der Waals surface area contributed by atoms with Crippen LogP contribution >= 0.6 is 0 Å². The van der Waals surface area contributed by atoms with Gasteiger partial charge in [-0.3, -0.25) is 4.90 Å². The van der Waals surface area contributed by atoms with Crippen molar-refractivity contribution in [1.82, 2.24) is 0 Å². The number of ether oxygens (including phenoxy) is 2. The zero-order valence-corrected chi connectivity index (χ0v) is 19.5. The SMILES string of the molecule is CCCCN1C2=NC(CC)=C(C(=O)OC)C(c3ccccc3)N2c2cc(C(=O)OC)ccc21. The van der Waals surface area contributed by atoms with Crippen molar-refractivity contribution in [3.8, 4) is 0 Å². The Balaban J connectivity index is 1.98. The predicted octanol–water partition coefficient (Wildman–Crippen LogP) is 4.85. The van der Waals surface area contributed by atoms with E-state index in [2.05, 4.69) is 16.7 Å². The van der Waals surface area contributed by atoms with Gasteiger partial charge in [0, 0.05) is 6.54 Å². The monoisotopic (exact) mass is 447 g/mol. The smallest absolute Gasteiger partial charge is 0.338 e. The Kier molecular flexibility index (Phi) is 6.49. The lowest BCUT2D eigenvalue weighted by atomic mass is 9.93. The van der Waals surface area contributed by atoms with Crippen molar-refractivity contribution in [2.45, 2.75) is 39.2 Å². The van der Waals surface area contributed by atoms with Crippen molar-refractivity contribution in [2.75, 3.05) is 30.6 Å². The summed E-state index contributed by atoms with van der Waals surface area (Å²) < 4.78 is 10.2. The summed E-state index contributed by atoms with van der Waals surface area (Å²) >= 11 is 0. The Labute approximate surface area is 194 Å². The number of guanidine groups is 1. The quantitative estimate of drug-likeness (QED) is 0.565. The number of anilines is 2. The fourth-order valence-corrected chi connectivity index (χ4v) is 4.47. The summed E-state index contributed by atoms with van der Waals surface area (Å²) in [6, 6.07) is 15.0. The van der Waals surface area contributed by atoms with Gasteiger partial charge in [0.1, 0.15) is 0 Å². The molecule has 2 aromatic rings. The molecule has 0 bridgehead atoms. The van der Waals surface area contributed by atoms with E-state index in [9.17, 15) is 9.59 Å². The summed E-state index contributed by atoms with van der Waals surface area (Å²) in [4.78, 5) is 34.6. The van der Waals surface area contributed by atoms with Crippen LogP contribution in [-0.2, 0) is 14.3 Å². The third-order valence-electron chi connectivity index (χ3n) is 6.07. The molecular weight excluding hydrogens is 418 g/mol. The number of carbonyl (C=O) groups excluding carboxylic acids is 2. The van der Waals surface area contributed by atoms with E-state index in [1.54, 1.807) is 6.07 Å². The van der Waals surface area contributed by atoms with E-state index in [4.69, 9.17) is 14.5 Å². The summed E-state index contributed by atoms with van der Waals surface area (Å²) in [5.41, 5.74) is 4.40. The molecule has 1 unspecified atom stereocenters. The molecule has 0 fully saturated rings. The first kappa shape index (κ1) is 22.6. The Morgan fingerprint density at radius 3 is 2.33 bits per heavy atom. The number of benzene rings is 2. The fraction of sp³-hybridized carbons (Fsp3) is 0.346. The molecule has 2 aliphatic heterocycles. The highest BCUT2D eigenvalue weighted by Crippen LogP contribution is 2.48. The fourth-order valence-electron chi connectivity index (χ4n) is 4.47. The zero-order chi connectivity index (χ0) is 23.5. The molecule has 0 saturated heterocycles. The van der Waals surface area contributed by atoms with Gasteiger partial charge in [0.2, 0.25) is 5.96 Å². The second-order valence-electron chi connectivity index (χ2n) is 8.00. The van der Waals surface area contributed by atoms with Gasteiger partial charge in [0.05, 0.1) is 48.5 Å². The van der Waals surface area contributed by atoms with Gasteiger partial charge in [0.15, 0.2) is 0 Å². The van der Waals surface area contributed by atoms with E-state index >= 15 is 0 Å². The number of fused-ring (bicyclic) bond motifs is 3. The predicted molar refractivity (Wildman–Crippen MR) is 128 cm³/mol. The third-order valence-corrected chi connectivity index (χ3v) is 6.07. The van der Waals surface area contributed by atoms with Crippen molar-refractivity contribution in [2.24, 2.45) is 4.99 Å². The van der Waals surface area contributed by atoms with Gasteiger partial charge in [-0.1, -0.05) is 50.6 Å². The number of esters is 2. The molecule has 2 heterocycles. The molecule has 0 radical (unpaired) electrons. The molecule has 172 valence electrons. The highest BCUT2D eigenvalue weighted by atomic mass is 16.5. The standard InChI is InChI=1S/C26H29N3O4/c1-5-7-15-28-20-14-13-18(24(30)32-3)16-21(20)29-23(17-11-9-8-10-12-17)22(25(31)33-4)19(6-2)27-26(28)29/h8-14,16,23H,5-7,15H2,1-4H3. The van der Waals surface area contributed by atoms with Crippen LogP contribution in [0.25, 0.3) is 0 Å². The van der Waals surface area contributed by atoms with Gasteiger partial charge in [-0.25, -0.2) is 14.6 Å². The number of nitrogens with zero attached hydrogens (tertiary/aromatic N) is 3. The normalized spacial score (nSPS) is 16.8. The van der Waals surface area contributed by atoms with Crippen molar-refractivity contribution in [1.29, 1.82) is 0 Å². The molecule has 0 aromatic heterocycles. The van der Waals surface area contributed by atoms with Crippen LogP contribution in [0.15, 0.2) is 64.8 Å². The van der Waals surface area contributed by atoms with E-state index in [0.717, 1.165) is 42.3 Å². The van der Waals surface area contributed by atoms with Crippen LogP contribution in [0, 0.1) is 0 Å². The van der Waals surface area contributed by atoms with Gasteiger partial charge in [-0.15, -0.1) is 0 Å². The van der Waals surface area contributed by atoms with Gasteiger partial charge >= 0.3 is 11.9 Å². The summed E-state index contributed by atoms with van der Waals surface area (Å²) in [7, 11) is 2.76. The summed E-state index contributed by atoms with van der Waals surface area (Å²) in [6.45, 7) is 4.92. The van der Waals surface area contributed by atoms with E-state index in [-0.39, 0.29) is 0 Å². The number of rotatable bonds is 7. The average Bonchev–Trinajstić information content (AvgIpc) is 3.17. The second kappa shape index (κ2) is 9.48. The number of unbranched alkanes of at least 4 members (excludes halogenated alkanes) is 1. The molecule has 0 spiro atoms. The molecule has 7 nitrogen and oxygen atoms in total. The molecule has 33 heavy (non-hydrogen) atoms. The van der Waals surface area contributed by atoms with Crippen LogP contribution in [0.1, 0.15) is 55.1 Å². The minimum absolute atomic E-state index is 0.402. The molecule has 4 rings (SSSR count). The van der Waals surface area contributed by atoms with E-state index in [1.807, 2.05) is 49.4 Å². The molecule has 1 atom stereocenters. The van der Waals surface area contributed by atoms with Crippen LogP contribution < -0.4 is 9.80 Å². The van der Waals surface area contributed by atoms with Crippen LogP contribution in [0.4, 0.5) is 11.4 Å². The topological polar surface area (TPSA) is 71.4 Å². The Morgan fingerprint density at radius 2 is 1.70 bits per heavy atom. The van der Waals surface area contributed by atoms with Crippen molar-refractivity contribution in [3.05, 3.63) is 70.9 Å². The maximum Gasteiger partial charge on any atom is 0.338 e. The molecule has 0 N–H and O–H groups in total. The summed E-state index contributed by atoms with van der Waals surface area (Å²) in [5.74, 6) is -0.0467. The third kappa shape index (κ3) is 3.88. The summed E-state index contributed by atoms with van der Waals surface area (Å²) in [5, 5.41) is 0. The highest BCUT2D eigenvalue weighted by Gasteiger charge is 2.45. The first-order valence-corrected chi connectivity index (χ1v) is 11.3. The Morgan fingerprint density at radius 1 is 0.970 bits per heavy atom. The molecule has 2 aromatic carbocycles. The Bertz CT molecular complexity index is 1120. The number of hydrogen-bond acceptors (Lipinski definition) is 7. The minimum atomic E-state index is -0.431. The van der Waals surface area contributed by atoms with Crippen molar-refractivity contribution >= 4 is 29.3 Å². The van der Waals surface area contributed by atoms with Gasteiger partial charge in [-0.05, 0) is 36.6 Å². The van der Waals surface area contributed by atoms with Crippen molar-refractivity contribution < 1.29 is 19.1 Å².